The third-order valence-corrected chi connectivity index (χ3v) is 4.11. The van der Waals surface area contributed by atoms with Crippen molar-refractivity contribution in [2.24, 2.45) is 0 Å². The van der Waals surface area contributed by atoms with Crippen LogP contribution in [0, 0.1) is 0 Å². The molecule has 0 spiro atoms. The third-order valence-electron chi connectivity index (χ3n) is 3.26. The maximum absolute atomic E-state index is 12.3. The number of rotatable bonds is 1. The molecular weight excluding hydrogens is 264 g/mol. The van der Waals surface area contributed by atoms with E-state index in [1.54, 1.807) is 12.1 Å². The topological polar surface area (TPSA) is 71.4 Å². The highest BCUT2D eigenvalue weighted by Gasteiger charge is 2.24. The molecule has 0 unspecified atom stereocenters. The van der Waals surface area contributed by atoms with Gasteiger partial charge in [-0.3, -0.25) is 9.35 Å². The Bertz CT molecular complexity index is 791. The second kappa shape index (κ2) is 4.01. The van der Waals surface area contributed by atoms with Crippen LogP contribution in [-0.2, 0) is 16.5 Å². The van der Waals surface area contributed by atoms with Crippen LogP contribution >= 0.6 is 0 Å². The summed E-state index contributed by atoms with van der Waals surface area (Å²) in [5.41, 5.74) is 2.63. The molecule has 0 atom stereocenters. The van der Waals surface area contributed by atoms with Crippen LogP contribution in [0.4, 0.5) is 0 Å². The van der Waals surface area contributed by atoms with Gasteiger partial charge < -0.3 is 0 Å². The van der Waals surface area contributed by atoms with E-state index in [2.05, 4.69) is 0 Å². The minimum Gasteiger partial charge on any atom is -0.289 e. The van der Waals surface area contributed by atoms with Gasteiger partial charge in [0, 0.05) is 11.1 Å². The lowest BCUT2D eigenvalue weighted by atomic mass is 9.85. The predicted molar refractivity (Wildman–Crippen MR) is 68.9 cm³/mol. The Kier molecular flexibility index (Phi) is 2.55. The molecule has 0 fully saturated rings. The molecule has 0 saturated carbocycles. The van der Waals surface area contributed by atoms with Gasteiger partial charge in [0.2, 0.25) is 0 Å². The van der Waals surface area contributed by atoms with Gasteiger partial charge in [0.15, 0.2) is 5.78 Å². The molecule has 0 heterocycles. The first-order valence-electron chi connectivity index (χ1n) is 5.70. The fourth-order valence-corrected chi connectivity index (χ4v) is 2.88. The van der Waals surface area contributed by atoms with Crippen LogP contribution in [0.2, 0.25) is 0 Å². The number of fused-ring (bicyclic) bond motifs is 2. The van der Waals surface area contributed by atoms with Crippen molar-refractivity contribution in [3.05, 3.63) is 64.7 Å². The molecule has 3 rings (SSSR count). The fourth-order valence-electron chi connectivity index (χ4n) is 2.34. The largest absolute Gasteiger partial charge is 0.294 e. The van der Waals surface area contributed by atoms with Crippen molar-refractivity contribution in [1.29, 1.82) is 0 Å². The molecule has 5 heteroatoms. The number of carbonyl (C=O) groups excluding carboxylic acids is 1. The lowest BCUT2D eigenvalue weighted by Gasteiger charge is -2.18. The quantitative estimate of drug-likeness (QED) is 0.689. The second-order valence-corrected chi connectivity index (χ2v) is 5.88. The van der Waals surface area contributed by atoms with E-state index in [0.717, 1.165) is 5.56 Å². The summed E-state index contributed by atoms with van der Waals surface area (Å²) in [4.78, 5) is 12.1. The molecular formula is C14H10O4S. The zero-order valence-electron chi connectivity index (χ0n) is 9.83. The van der Waals surface area contributed by atoms with Crippen molar-refractivity contribution in [3.8, 4) is 0 Å². The summed E-state index contributed by atoms with van der Waals surface area (Å²) in [6, 6.07) is 11.3. The van der Waals surface area contributed by atoms with Gasteiger partial charge in [-0.05, 0) is 35.7 Å². The van der Waals surface area contributed by atoms with E-state index in [4.69, 9.17) is 4.55 Å². The van der Waals surface area contributed by atoms with Crippen molar-refractivity contribution in [2.75, 3.05) is 0 Å². The normalized spacial score (nSPS) is 13.8. The molecule has 0 amide bonds. The Hall–Kier alpha value is -1.98. The molecule has 1 aliphatic carbocycles. The van der Waals surface area contributed by atoms with E-state index in [-0.39, 0.29) is 10.7 Å². The standard InChI is InChI=1S/C14H10O4S/c15-14-12-4-2-1-3-9(12)7-10-8-11(19(16,17)18)5-6-13(10)14/h1-6,8H,7H2,(H,16,17,18). The van der Waals surface area contributed by atoms with E-state index in [9.17, 15) is 13.2 Å². The van der Waals surface area contributed by atoms with Gasteiger partial charge >= 0.3 is 0 Å². The third kappa shape index (κ3) is 1.97. The van der Waals surface area contributed by atoms with Gasteiger partial charge in [-0.15, -0.1) is 0 Å². The van der Waals surface area contributed by atoms with E-state index in [0.29, 0.717) is 23.1 Å². The van der Waals surface area contributed by atoms with Gasteiger partial charge in [-0.25, -0.2) is 0 Å². The van der Waals surface area contributed by atoms with Crippen molar-refractivity contribution in [3.63, 3.8) is 0 Å². The number of carbonyl (C=O) groups is 1. The van der Waals surface area contributed by atoms with Crippen LogP contribution in [0.5, 0.6) is 0 Å². The number of hydrogen-bond acceptors (Lipinski definition) is 3. The summed E-state index contributed by atoms with van der Waals surface area (Å²) in [5, 5.41) is 0. The first kappa shape index (κ1) is 12.1. The van der Waals surface area contributed by atoms with Crippen molar-refractivity contribution in [1.82, 2.24) is 0 Å². The average Bonchev–Trinajstić information content (AvgIpc) is 2.37. The van der Waals surface area contributed by atoms with E-state index >= 15 is 0 Å². The molecule has 19 heavy (non-hydrogen) atoms. The molecule has 0 bridgehead atoms. The highest BCUT2D eigenvalue weighted by atomic mass is 32.2. The van der Waals surface area contributed by atoms with Gasteiger partial charge in [0.25, 0.3) is 10.1 Å². The van der Waals surface area contributed by atoms with Crippen LogP contribution < -0.4 is 0 Å². The molecule has 2 aromatic rings. The molecule has 1 aliphatic rings. The summed E-state index contributed by atoms with van der Waals surface area (Å²) in [6.45, 7) is 0. The van der Waals surface area contributed by atoms with E-state index in [1.165, 1.54) is 18.2 Å². The van der Waals surface area contributed by atoms with Gasteiger partial charge in [-0.2, -0.15) is 8.42 Å². The smallest absolute Gasteiger partial charge is 0.289 e. The van der Waals surface area contributed by atoms with Gasteiger partial charge in [0.1, 0.15) is 0 Å². The second-order valence-electron chi connectivity index (χ2n) is 4.46. The molecule has 0 radical (unpaired) electrons. The van der Waals surface area contributed by atoms with Crippen molar-refractivity contribution >= 4 is 15.9 Å². The summed E-state index contributed by atoms with van der Waals surface area (Å²) in [5.74, 6) is -0.112. The first-order valence-corrected chi connectivity index (χ1v) is 7.14. The maximum Gasteiger partial charge on any atom is 0.294 e. The van der Waals surface area contributed by atoms with E-state index < -0.39 is 10.1 Å². The number of benzene rings is 2. The maximum atomic E-state index is 12.3. The van der Waals surface area contributed by atoms with E-state index in [1.807, 2.05) is 12.1 Å². The minimum absolute atomic E-state index is 0.112. The van der Waals surface area contributed by atoms with Crippen LogP contribution in [0.25, 0.3) is 0 Å². The monoisotopic (exact) mass is 274 g/mol. The summed E-state index contributed by atoms with van der Waals surface area (Å²) >= 11 is 0. The molecule has 0 aliphatic heterocycles. The summed E-state index contributed by atoms with van der Waals surface area (Å²) in [6.07, 6.45) is 0.487. The average molecular weight is 274 g/mol. The Balaban J connectivity index is 2.19. The van der Waals surface area contributed by atoms with Crippen LogP contribution in [0.15, 0.2) is 47.4 Å². The SMILES string of the molecule is O=C1c2ccccc2Cc2cc(S(=O)(=O)O)ccc21. The molecule has 4 nitrogen and oxygen atoms in total. The van der Waals surface area contributed by atoms with Gasteiger partial charge in [-0.1, -0.05) is 24.3 Å². The number of ketones is 1. The molecule has 0 saturated heterocycles. The molecule has 1 N–H and O–H groups in total. The Morgan fingerprint density at radius 3 is 2.37 bits per heavy atom. The molecule has 2 aromatic carbocycles. The first-order chi connectivity index (χ1) is 8.97. The van der Waals surface area contributed by atoms with Crippen LogP contribution in [0.3, 0.4) is 0 Å². The molecule has 96 valence electrons. The zero-order chi connectivity index (χ0) is 13.6. The fraction of sp³-hybridized carbons (Fsp3) is 0.0714. The van der Waals surface area contributed by atoms with Crippen molar-refractivity contribution < 1.29 is 17.8 Å². The minimum atomic E-state index is -4.24. The Morgan fingerprint density at radius 1 is 0.947 bits per heavy atom. The Labute approximate surface area is 110 Å². The highest BCUT2D eigenvalue weighted by molar-refractivity contribution is 7.85. The van der Waals surface area contributed by atoms with Gasteiger partial charge in [0.05, 0.1) is 4.90 Å². The lowest BCUT2D eigenvalue weighted by Crippen LogP contribution is -2.15. The number of hydrogen-bond donors (Lipinski definition) is 1. The Morgan fingerprint density at radius 2 is 1.63 bits per heavy atom. The lowest BCUT2D eigenvalue weighted by molar-refractivity contribution is 0.103. The van der Waals surface area contributed by atoms with Crippen molar-refractivity contribution in [2.45, 2.75) is 11.3 Å². The van der Waals surface area contributed by atoms with Crippen LogP contribution in [-0.4, -0.2) is 18.8 Å². The highest BCUT2D eigenvalue weighted by Crippen LogP contribution is 2.28. The summed E-state index contributed by atoms with van der Waals surface area (Å²) < 4.78 is 31.3. The molecule has 0 aromatic heterocycles. The van der Waals surface area contributed by atoms with Crippen LogP contribution in [0.1, 0.15) is 27.0 Å². The summed E-state index contributed by atoms with van der Waals surface area (Å²) in [7, 11) is -4.24. The zero-order valence-corrected chi connectivity index (χ0v) is 10.6. The predicted octanol–water partition coefficient (Wildman–Crippen LogP) is 2.07.